The summed E-state index contributed by atoms with van der Waals surface area (Å²) in [6.45, 7) is 7.39. The lowest BCUT2D eigenvalue weighted by Crippen LogP contribution is -2.32. The Morgan fingerprint density at radius 2 is 2.09 bits per heavy atom. The van der Waals surface area contributed by atoms with Gasteiger partial charge in [0.2, 0.25) is 0 Å². The van der Waals surface area contributed by atoms with Crippen molar-refractivity contribution in [2.24, 2.45) is 0 Å². The van der Waals surface area contributed by atoms with Gasteiger partial charge in [0.15, 0.2) is 10.7 Å². The molecule has 0 N–H and O–H groups in total. The Balaban J connectivity index is 1.40. The van der Waals surface area contributed by atoms with E-state index in [1.807, 2.05) is 17.7 Å². The van der Waals surface area contributed by atoms with Gasteiger partial charge in [-0.1, -0.05) is 30.3 Å². The number of hydrogen-bond acceptors (Lipinski definition) is 6. The second-order valence-electron chi connectivity index (χ2n) is 8.11. The Morgan fingerprint density at radius 3 is 2.91 bits per heavy atom. The van der Waals surface area contributed by atoms with Crippen LogP contribution in [0.5, 0.6) is 0 Å². The highest BCUT2D eigenvalue weighted by molar-refractivity contribution is 7.15. The third kappa shape index (κ3) is 3.96. The van der Waals surface area contributed by atoms with Crippen LogP contribution in [0.2, 0.25) is 0 Å². The molecule has 0 spiro atoms. The predicted octanol–water partition coefficient (Wildman–Crippen LogP) is 3.88. The van der Waals surface area contributed by atoms with Gasteiger partial charge in [-0.05, 0) is 25.8 Å². The number of hydrogen-bond donors (Lipinski definition) is 0. The summed E-state index contributed by atoms with van der Waals surface area (Å²) in [4.78, 5) is 20.8. The molecule has 1 aliphatic heterocycles. The second-order valence-corrected chi connectivity index (χ2v) is 8.99. The molecule has 0 atom stereocenters. The van der Waals surface area contributed by atoms with Gasteiger partial charge in [0.25, 0.3) is 0 Å². The smallest absolute Gasteiger partial charge is 0.359 e. The standard InChI is InChI=1S/C24H27N5O2S/c1-3-31-23(30)22-19-15-27(16-21-17(2)25-24-28(21)13-14-32-24)11-10-20(19)29(26-22)12-9-18-7-5-4-6-8-18/h4-8,13-14H,3,9-12,15-16H2,1-2H3. The van der Waals surface area contributed by atoms with Gasteiger partial charge in [-0.3, -0.25) is 14.0 Å². The number of carbonyl (C=O) groups is 1. The molecule has 1 aromatic carbocycles. The highest BCUT2D eigenvalue weighted by Crippen LogP contribution is 2.26. The maximum Gasteiger partial charge on any atom is 0.359 e. The summed E-state index contributed by atoms with van der Waals surface area (Å²) in [5.41, 5.74) is 6.16. The molecule has 8 heteroatoms. The average molecular weight is 450 g/mol. The van der Waals surface area contributed by atoms with E-state index in [4.69, 9.17) is 9.84 Å². The Hall–Kier alpha value is -2.97. The van der Waals surface area contributed by atoms with Crippen molar-refractivity contribution in [2.45, 2.75) is 46.3 Å². The monoisotopic (exact) mass is 449 g/mol. The zero-order valence-electron chi connectivity index (χ0n) is 18.5. The van der Waals surface area contributed by atoms with Gasteiger partial charge in [0.05, 0.1) is 18.0 Å². The van der Waals surface area contributed by atoms with Gasteiger partial charge < -0.3 is 4.74 Å². The van der Waals surface area contributed by atoms with Crippen LogP contribution in [0.25, 0.3) is 4.96 Å². The number of carbonyl (C=O) groups excluding carboxylic acids is 1. The molecule has 0 unspecified atom stereocenters. The Morgan fingerprint density at radius 1 is 1.25 bits per heavy atom. The van der Waals surface area contributed by atoms with E-state index < -0.39 is 0 Å². The largest absolute Gasteiger partial charge is 0.461 e. The van der Waals surface area contributed by atoms with Crippen molar-refractivity contribution < 1.29 is 9.53 Å². The quantitative estimate of drug-likeness (QED) is 0.401. The summed E-state index contributed by atoms with van der Waals surface area (Å²) in [5.74, 6) is -0.329. The van der Waals surface area contributed by atoms with E-state index in [2.05, 4.69) is 57.1 Å². The number of aromatic nitrogens is 4. The zero-order chi connectivity index (χ0) is 22.1. The molecule has 0 saturated heterocycles. The van der Waals surface area contributed by atoms with Crippen LogP contribution in [0, 0.1) is 6.92 Å². The van der Waals surface area contributed by atoms with Gasteiger partial charge in [-0.15, -0.1) is 11.3 Å². The molecule has 166 valence electrons. The minimum Gasteiger partial charge on any atom is -0.461 e. The average Bonchev–Trinajstić information content (AvgIpc) is 3.48. The maximum absolute atomic E-state index is 12.7. The number of thiazole rings is 1. The van der Waals surface area contributed by atoms with Crippen LogP contribution >= 0.6 is 11.3 Å². The van der Waals surface area contributed by atoms with Crippen LogP contribution in [0.1, 0.15) is 45.6 Å². The number of nitrogens with zero attached hydrogens (tertiary/aromatic N) is 5. The van der Waals surface area contributed by atoms with E-state index in [1.54, 1.807) is 11.3 Å². The number of fused-ring (bicyclic) bond motifs is 2. The summed E-state index contributed by atoms with van der Waals surface area (Å²) in [6, 6.07) is 10.4. The Bertz CT molecular complexity index is 1240. The first-order chi connectivity index (χ1) is 15.6. The molecule has 0 radical (unpaired) electrons. The van der Waals surface area contributed by atoms with E-state index in [0.717, 1.165) is 54.4 Å². The van der Waals surface area contributed by atoms with Crippen LogP contribution in [0.15, 0.2) is 41.9 Å². The molecule has 3 aromatic heterocycles. The molecule has 1 aliphatic rings. The number of imidazole rings is 1. The van der Waals surface area contributed by atoms with Crippen molar-refractivity contribution in [1.29, 1.82) is 0 Å². The Kier molecular flexibility index (Phi) is 5.80. The lowest BCUT2D eigenvalue weighted by atomic mass is 10.0. The summed E-state index contributed by atoms with van der Waals surface area (Å²) in [5, 5.41) is 6.78. The van der Waals surface area contributed by atoms with E-state index in [0.29, 0.717) is 18.8 Å². The summed E-state index contributed by atoms with van der Waals surface area (Å²) < 4.78 is 9.52. The molecule has 5 rings (SSSR count). The summed E-state index contributed by atoms with van der Waals surface area (Å²) >= 11 is 1.65. The molecule has 4 heterocycles. The molecule has 0 fully saturated rings. The van der Waals surface area contributed by atoms with Crippen molar-refractivity contribution in [3.63, 3.8) is 0 Å². The fraction of sp³-hybridized carbons (Fsp3) is 0.375. The first kappa shape index (κ1) is 20.9. The van der Waals surface area contributed by atoms with Gasteiger partial charge in [0, 0.05) is 55.4 Å². The lowest BCUT2D eigenvalue weighted by Gasteiger charge is -2.27. The van der Waals surface area contributed by atoms with Crippen molar-refractivity contribution in [1.82, 2.24) is 24.1 Å². The van der Waals surface area contributed by atoms with E-state index >= 15 is 0 Å². The molecule has 0 bridgehead atoms. The summed E-state index contributed by atoms with van der Waals surface area (Å²) in [6.07, 6.45) is 3.82. The number of ether oxygens (including phenoxy) is 1. The second kappa shape index (κ2) is 8.88. The third-order valence-electron chi connectivity index (χ3n) is 6.07. The normalized spacial score (nSPS) is 14.1. The fourth-order valence-electron chi connectivity index (χ4n) is 4.45. The molecule has 7 nitrogen and oxygen atoms in total. The minimum absolute atomic E-state index is 0.329. The minimum atomic E-state index is -0.329. The van der Waals surface area contributed by atoms with Crippen LogP contribution < -0.4 is 0 Å². The summed E-state index contributed by atoms with van der Waals surface area (Å²) in [7, 11) is 0. The number of aryl methyl sites for hydroxylation is 3. The molecular formula is C24H27N5O2S. The molecule has 0 saturated carbocycles. The molecule has 0 amide bonds. The number of esters is 1. The van der Waals surface area contributed by atoms with Crippen LogP contribution in [0.3, 0.4) is 0 Å². The topological polar surface area (TPSA) is 64.7 Å². The predicted molar refractivity (Wildman–Crippen MR) is 124 cm³/mol. The molecule has 32 heavy (non-hydrogen) atoms. The number of rotatable bonds is 7. The SMILES string of the molecule is CCOC(=O)c1nn(CCc2ccccc2)c2c1CN(Cc1c(C)nc3sccn13)CC2. The van der Waals surface area contributed by atoms with E-state index in [-0.39, 0.29) is 5.97 Å². The van der Waals surface area contributed by atoms with Crippen LogP contribution in [-0.4, -0.2) is 43.2 Å². The highest BCUT2D eigenvalue weighted by Gasteiger charge is 2.29. The van der Waals surface area contributed by atoms with Gasteiger partial charge in [-0.25, -0.2) is 9.78 Å². The molecular weight excluding hydrogens is 422 g/mol. The lowest BCUT2D eigenvalue weighted by molar-refractivity contribution is 0.0515. The Labute approximate surface area is 191 Å². The van der Waals surface area contributed by atoms with Crippen molar-refractivity contribution >= 4 is 22.3 Å². The van der Waals surface area contributed by atoms with Gasteiger partial charge >= 0.3 is 5.97 Å². The van der Waals surface area contributed by atoms with Crippen molar-refractivity contribution in [2.75, 3.05) is 13.2 Å². The zero-order valence-corrected chi connectivity index (χ0v) is 19.3. The molecule has 0 aliphatic carbocycles. The maximum atomic E-state index is 12.7. The number of benzene rings is 1. The fourth-order valence-corrected chi connectivity index (χ4v) is 5.23. The van der Waals surface area contributed by atoms with Crippen molar-refractivity contribution in [3.8, 4) is 0 Å². The molecule has 4 aromatic rings. The van der Waals surface area contributed by atoms with Gasteiger partial charge in [0.1, 0.15) is 0 Å². The van der Waals surface area contributed by atoms with Crippen LogP contribution in [-0.2, 0) is 37.2 Å². The van der Waals surface area contributed by atoms with E-state index in [1.165, 1.54) is 11.3 Å². The first-order valence-corrected chi connectivity index (χ1v) is 11.9. The first-order valence-electron chi connectivity index (χ1n) is 11.1. The highest BCUT2D eigenvalue weighted by atomic mass is 32.1. The van der Waals surface area contributed by atoms with Gasteiger partial charge in [-0.2, -0.15) is 5.10 Å². The van der Waals surface area contributed by atoms with Crippen LogP contribution in [0.4, 0.5) is 0 Å². The van der Waals surface area contributed by atoms with Crippen molar-refractivity contribution in [3.05, 3.63) is 75.8 Å². The van der Waals surface area contributed by atoms with E-state index in [9.17, 15) is 4.79 Å². The third-order valence-corrected chi connectivity index (χ3v) is 6.83.